The van der Waals surface area contributed by atoms with Crippen LogP contribution in [-0.4, -0.2) is 41.5 Å². The number of amides is 1. The third-order valence-electron chi connectivity index (χ3n) is 2.09. The molecule has 0 radical (unpaired) electrons. The van der Waals surface area contributed by atoms with Crippen molar-refractivity contribution < 1.29 is 9.90 Å². The summed E-state index contributed by atoms with van der Waals surface area (Å²) in [6.45, 7) is 3.48. The van der Waals surface area contributed by atoms with E-state index in [-0.39, 0.29) is 12.5 Å². The number of hydrogen-bond donors (Lipinski definition) is 1. The van der Waals surface area contributed by atoms with E-state index in [2.05, 4.69) is 0 Å². The second-order valence-corrected chi connectivity index (χ2v) is 3.57. The number of carbonyl (C=O) groups is 1. The Bertz CT molecular complexity index is 153. The van der Waals surface area contributed by atoms with Crippen LogP contribution in [0.3, 0.4) is 0 Å². The molecule has 0 atom stereocenters. The molecule has 0 heterocycles. The fraction of sp³-hybridized carbons (Fsp3) is 0.900. The molecule has 0 rings (SSSR count). The van der Waals surface area contributed by atoms with Crippen molar-refractivity contribution in [3.63, 3.8) is 0 Å². The first kappa shape index (κ1) is 13.7. The number of aliphatic hydroxyl groups is 1. The lowest BCUT2D eigenvalue weighted by Gasteiger charge is -2.20. The van der Waals surface area contributed by atoms with E-state index in [0.29, 0.717) is 25.3 Å². The molecular weight excluding hydrogens is 202 g/mol. The maximum Gasteiger partial charge on any atom is 0.222 e. The Hall–Kier alpha value is -0.280. The molecule has 3 nitrogen and oxygen atoms in total. The average molecular weight is 222 g/mol. The van der Waals surface area contributed by atoms with E-state index in [1.54, 1.807) is 4.90 Å². The van der Waals surface area contributed by atoms with Crippen molar-refractivity contribution in [1.29, 1.82) is 0 Å². The van der Waals surface area contributed by atoms with E-state index in [0.717, 1.165) is 19.4 Å². The molecule has 0 bridgehead atoms. The number of alkyl halides is 1. The molecule has 1 amide bonds. The number of hydrogen-bond acceptors (Lipinski definition) is 2. The third kappa shape index (κ3) is 6.22. The van der Waals surface area contributed by atoms with Crippen LogP contribution in [-0.2, 0) is 4.79 Å². The molecule has 0 aromatic carbocycles. The minimum atomic E-state index is 0.144. The van der Waals surface area contributed by atoms with Gasteiger partial charge in [0.25, 0.3) is 0 Å². The summed E-state index contributed by atoms with van der Waals surface area (Å²) in [5, 5.41) is 8.65. The van der Waals surface area contributed by atoms with Gasteiger partial charge < -0.3 is 10.0 Å². The fourth-order valence-corrected chi connectivity index (χ4v) is 1.44. The average Bonchev–Trinajstić information content (AvgIpc) is 2.19. The van der Waals surface area contributed by atoms with Crippen LogP contribution in [0.25, 0.3) is 0 Å². The molecule has 0 saturated heterocycles. The predicted octanol–water partition coefficient (Wildman–Crippen LogP) is 1.63. The van der Waals surface area contributed by atoms with E-state index in [1.165, 1.54) is 0 Å². The molecule has 0 unspecified atom stereocenters. The third-order valence-corrected chi connectivity index (χ3v) is 2.36. The molecular formula is C10H20ClNO2. The Balaban J connectivity index is 3.67. The van der Waals surface area contributed by atoms with E-state index in [1.807, 2.05) is 6.92 Å². The number of halogens is 1. The highest BCUT2D eigenvalue weighted by Crippen LogP contribution is 2.02. The van der Waals surface area contributed by atoms with Gasteiger partial charge in [-0.15, -0.1) is 11.6 Å². The second-order valence-electron chi connectivity index (χ2n) is 3.20. The molecule has 0 fully saturated rings. The largest absolute Gasteiger partial charge is 0.396 e. The lowest BCUT2D eigenvalue weighted by atomic mass is 10.2. The Labute approximate surface area is 91.0 Å². The molecule has 4 heteroatoms. The summed E-state index contributed by atoms with van der Waals surface area (Å²) in [5.74, 6) is 0.793. The van der Waals surface area contributed by atoms with Crippen LogP contribution in [0.4, 0.5) is 0 Å². The van der Waals surface area contributed by atoms with Crippen LogP contribution < -0.4 is 0 Å². The highest BCUT2D eigenvalue weighted by Gasteiger charge is 2.09. The summed E-state index contributed by atoms with van der Waals surface area (Å²) < 4.78 is 0. The zero-order valence-corrected chi connectivity index (χ0v) is 9.59. The SMILES string of the molecule is CCN(CCCO)C(=O)CCCCCl. The summed E-state index contributed by atoms with van der Waals surface area (Å²) in [6, 6.07) is 0. The van der Waals surface area contributed by atoms with Crippen LogP contribution in [0.5, 0.6) is 0 Å². The van der Waals surface area contributed by atoms with Gasteiger partial charge in [0.1, 0.15) is 0 Å². The standard InChI is InChI=1S/C10H20ClNO2/c1-2-12(8-5-9-13)10(14)6-3-4-7-11/h13H,2-9H2,1H3. The smallest absolute Gasteiger partial charge is 0.222 e. The van der Waals surface area contributed by atoms with Gasteiger partial charge in [0.05, 0.1) is 0 Å². The molecule has 14 heavy (non-hydrogen) atoms. The Morgan fingerprint density at radius 1 is 1.36 bits per heavy atom. The van der Waals surface area contributed by atoms with Gasteiger partial charge >= 0.3 is 0 Å². The van der Waals surface area contributed by atoms with E-state index < -0.39 is 0 Å². The molecule has 0 aromatic rings. The molecule has 0 aliphatic carbocycles. The van der Waals surface area contributed by atoms with Crippen LogP contribution in [0, 0.1) is 0 Å². The summed E-state index contributed by atoms with van der Waals surface area (Å²) in [4.78, 5) is 13.3. The summed E-state index contributed by atoms with van der Waals surface area (Å²) in [7, 11) is 0. The Morgan fingerprint density at radius 3 is 2.57 bits per heavy atom. The van der Waals surface area contributed by atoms with Gasteiger partial charge in [0.15, 0.2) is 0 Å². The van der Waals surface area contributed by atoms with Crippen LogP contribution in [0.15, 0.2) is 0 Å². The van der Waals surface area contributed by atoms with Gasteiger partial charge in [-0.25, -0.2) is 0 Å². The highest BCUT2D eigenvalue weighted by atomic mass is 35.5. The van der Waals surface area contributed by atoms with Gasteiger partial charge in [-0.1, -0.05) is 0 Å². The van der Waals surface area contributed by atoms with Crippen molar-refractivity contribution in [1.82, 2.24) is 4.90 Å². The summed E-state index contributed by atoms with van der Waals surface area (Å²) in [6.07, 6.45) is 2.99. The lowest BCUT2D eigenvalue weighted by molar-refractivity contribution is -0.131. The number of aliphatic hydroxyl groups excluding tert-OH is 1. The van der Waals surface area contributed by atoms with Crippen molar-refractivity contribution in [2.24, 2.45) is 0 Å². The minimum absolute atomic E-state index is 0.144. The molecule has 84 valence electrons. The normalized spacial score (nSPS) is 10.2. The monoisotopic (exact) mass is 221 g/mol. The Morgan fingerprint density at radius 2 is 2.07 bits per heavy atom. The quantitative estimate of drug-likeness (QED) is 0.500. The molecule has 0 aliphatic heterocycles. The van der Waals surface area contributed by atoms with Crippen molar-refractivity contribution in [3.8, 4) is 0 Å². The first-order valence-corrected chi connectivity index (χ1v) is 5.74. The maximum atomic E-state index is 11.6. The summed E-state index contributed by atoms with van der Waals surface area (Å²) >= 11 is 5.52. The van der Waals surface area contributed by atoms with Gasteiger partial charge in [-0.2, -0.15) is 0 Å². The summed E-state index contributed by atoms with van der Waals surface area (Å²) in [5.41, 5.74) is 0. The van der Waals surface area contributed by atoms with Crippen molar-refractivity contribution in [2.45, 2.75) is 32.6 Å². The predicted molar refractivity (Wildman–Crippen MR) is 58.5 cm³/mol. The van der Waals surface area contributed by atoms with E-state index in [9.17, 15) is 4.79 Å². The molecule has 1 N–H and O–H groups in total. The lowest BCUT2D eigenvalue weighted by Crippen LogP contribution is -2.31. The Kier molecular flexibility index (Phi) is 9.10. The van der Waals surface area contributed by atoms with Crippen molar-refractivity contribution in [3.05, 3.63) is 0 Å². The number of nitrogens with zero attached hydrogens (tertiary/aromatic N) is 1. The van der Waals surface area contributed by atoms with Crippen LogP contribution in [0.1, 0.15) is 32.6 Å². The molecule has 0 saturated carbocycles. The molecule has 0 aromatic heterocycles. The number of carbonyl (C=O) groups excluding carboxylic acids is 1. The van der Waals surface area contributed by atoms with E-state index >= 15 is 0 Å². The van der Waals surface area contributed by atoms with E-state index in [4.69, 9.17) is 16.7 Å². The first-order chi connectivity index (χ1) is 6.76. The molecule has 0 spiro atoms. The highest BCUT2D eigenvalue weighted by molar-refractivity contribution is 6.17. The van der Waals surface area contributed by atoms with Gasteiger partial charge in [0.2, 0.25) is 5.91 Å². The first-order valence-electron chi connectivity index (χ1n) is 5.20. The van der Waals surface area contributed by atoms with Crippen molar-refractivity contribution in [2.75, 3.05) is 25.6 Å². The zero-order valence-electron chi connectivity index (χ0n) is 8.84. The fourth-order valence-electron chi connectivity index (χ4n) is 1.25. The zero-order chi connectivity index (χ0) is 10.8. The van der Waals surface area contributed by atoms with Gasteiger partial charge in [-0.3, -0.25) is 4.79 Å². The topological polar surface area (TPSA) is 40.5 Å². The molecule has 0 aliphatic rings. The second kappa shape index (κ2) is 9.28. The maximum absolute atomic E-state index is 11.6. The number of rotatable bonds is 8. The van der Waals surface area contributed by atoms with Gasteiger partial charge in [-0.05, 0) is 26.2 Å². The van der Waals surface area contributed by atoms with Crippen LogP contribution >= 0.6 is 11.6 Å². The van der Waals surface area contributed by atoms with Crippen molar-refractivity contribution >= 4 is 17.5 Å². The van der Waals surface area contributed by atoms with Gasteiger partial charge in [0, 0.05) is 32.0 Å². The number of unbranched alkanes of at least 4 members (excludes halogenated alkanes) is 1. The minimum Gasteiger partial charge on any atom is -0.396 e. The van der Waals surface area contributed by atoms with Crippen LogP contribution in [0.2, 0.25) is 0 Å².